The average Bonchev–Trinajstić information content (AvgIpc) is 3.12. The van der Waals surface area contributed by atoms with E-state index in [2.05, 4.69) is 15.6 Å². The van der Waals surface area contributed by atoms with E-state index in [1.807, 2.05) is 5.38 Å². The van der Waals surface area contributed by atoms with Crippen molar-refractivity contribution in [3.8, 4) is 10.6 Å². The molecule has 0 saturated carbocycles. The second kappa shape index (κ2) is 8.75. The van der Waals surface area contributed by atoms with Crippen molar-refractivity contribution in [1.29, 1.82) is 0 Å². The summed E-state index contributed by atoms with van der Waals surface area (Å²) in [6.45, 7) is 0.251. The summed E-state index contributed by atoms with van der Waals surface area (Å²) < 4.78 is 13.3. The highest BCUT2D eigenvalue weighted by atomic mass is 35.5. The Hall–Kier alpha value is -2.77. The number of hydrogen-bond donors (Lipinski definition) is 2. The first-order chi connectivity index (χ1) is 13.0. The third-order valence-electron chi connectivity index (χ3n) is 3.62. The van der Waals surface area contributed by atoms with Gasteiger partial charge in [-0.1, -0.05) is 35.9 Å². The highest BCUT2D eigenvalue weighted by Gasteiger charge is 2.14. The van der Waals surface area contributed by atoms with Gasteiger partial charge in [0.05, 0.1) is 16.4 Å². The lowest BCUT2D eigenvalue weighted by atomic mass is 10.2. The van der Waals surface area contributed by atoms with E-state index in [1.165, 1.54) is 23.5 Å². The summed E-state index contributed by atoms with van der Waals surface area (Å²) in [7, 11) is 0. The molecule has 0 atom stereocenters. The molecule has 5 nitrogen and oxygen atoms in total. The molecule has 8 heteroatoms. The van der Waals surface area contributed by atoms with Crippen molar-refractivity contribution in [2.45, 2.75) is 6.42 Å². The normalized spacial score (nSPS) is 10.4. The maximum absolute atomic E-state index is 13.3. The van der Waals surface area contributed by atoms with Crippen LogP contribution in [0.2, 0.25) is 5.02 Å². The molecular formula is C19H15ClFN3O2S. The van der Waals surface area contributed by atoms with E-state index in [0.29, 0.717) is 27.7 Å². The number of nitrogens with zero attached hydrogens (tertiary/aromatic N) is 1. The number of aromatic nitrogens is 1. The number of carbonyl (C=O) groups excluding carboxylic acids is 2. The minimum absolute atomic E-state index is 0.251. The molecule has 0 spiro atoms. The fraction of sp³-hybridized carbons (Fsp3) is 0.105. The number of nitrogens with one attached hydrogen (secondary N) is 2. The van der Waals surface area contributed by atoms with Gasteiger partial charge in [0, 0.05) is 23.9 Å². The quantitative estimate of drug-likeness (QED) is 0.635. The number of hydrogen-bond acceptors (Lipinski definition) is 4. The van der Waals surface area contributed by atoms with Crippen molar-refractivity contribution in [3.63, 3.8) is 0 Å². The molecule has 0 aliphatic rings. The van der Waals surface area contributed by atoms with Crippen molar-refractivity contribution in [3.05, 3.63) is 70.4 Å². The second-order valence-electron chi connectivity index (χ2n) is 5.59. The van der Waals surface area contributed by atoms with Crippen LogP contribution in [0.4, 0.5) is 10.1 Å². The van der Waals surface area contributed by atoms with Crippen LogP contribution in [-0.4, -0.2) is 23.3 Å². The predicted octanol–water partition coefficient (Wildman–Crippen LogP) is 3.90. The Labute approximate surface area is 164 Å². The predicted molar refractivity (Wildman–Crippen MR) is 104 cm³/mol. The van der Waals surface area contributed by atoms with Crippen LogP contribution in [0.3, 0.4) is 0 Å². The number of rotatable bonds is 5. The molecule has 0 saturated heterocycles. The third-order valence-corrected chi connectivity index (χ3v) is 4.89. The molecule has 0 bridgehead atoms. The first kappa shape index (κ1) is 19.0. The Bertz CT molecular complexity index is 977. The number of benzene rings is 2. The monoisotopic (exact) mass is 403 g/mol. The van der Waals surface area contributed by atoms with Crippen LogP contribution >= 0.6 is 22.9 Å². The third kappa shape index (κ3) is 5.12. The smallest absolute Gasteiger partial charge is 0.313 e. The molecule has 3 aromatic rings. The molecule has 0 unspecified atom stereocenters. The van der Waals surface area contributed by atoms with Gasteiger partial charge in [0.2, 0.25) is 0 Å². The van der Waals surface area contributed by atoms with E-state index >= 15 is 0 Å². The number of halogens is 2. The zero-order valence-corrected chi connectivity index (χ0v) is 15.6. The zero-order valence-electron chi connectivity index (χ0n) is 14.0. The Morgan fingerprint density at radius 1 is 1.11 bits per heavy atom. The number of amides is 2. The lowest BCUT2D eigenvalue weighted by Gasteiger charge is -2.07. The van der Waals surface area contributed by atoms with Gasteiger partial charge in [-0.25, -0.2) is 9.37 Å². The molecule has 27 heavy (non-hydrogen) atoms. The molecule has 3 rings (SSSR count). The maximum atomic E-state index is 13.3. The van der Waals surface area contributed by atoms with Gasteiger partial charge in [-0.05, 0) is 24.3 Å². The zero-order chi connectivity index (χ0) is 19.2. The summed E-state index contributed by atoms with van der Waals surface area (Å²) in [4.78, 5) is 28.2. The van der Waals surface area contributed by atoms with Crippen molar-refractivity contribution in [2.24, 2.45) is 0 Å². The van der Waals surface area contributed by atoms with E-state index in [9.17, 15) is 14.0 Å². The molecule has 1 heterocycles. The molecule has 2 amide bonds. The summed E-state index contributed by atoms with van der Waals surface area (Å²) in [6.07, 6.45) is 0.455. The van der Waals surface area contributed by atoms with Gasteiger partial charge in [-0.15, -0.1) is 11.3 Å². The summed E-state index contributed by atoms with van der Waals surface area (Å²) in [5.41, 5.74) is 1.83. The second-order valence-corrected chi connectivity index (χ2v) is 6.86. The molecule has 0 aliphatic heterocycles. The van der Waals surface area contributed by atoms with Gasteiger partial charge < -0.3 is 10.6 Å². The number of para-hydroxylation sites is 1. The summed E-state index contributed by atoms with van der Waals surface area (Å²) in [5, 5.41) is 7.89. The lowest BCUT2D eigenvalue weighted by molar-refractivity contribution is -0.136. The van der Waals surface area contributed by atoms with Crippen LogP contribution in [0.15, 0.2) is 53.9 Å². The highest BCUT2D eigenvalue weighted by molar-refractivity contribution is 7.13. The van der Waals surface area contributed by atoms with Gasteiger partial charge in [-0.3, -0.25) is 9.59 Å². The minimum Gasteiger partial charge on any atom is -0.347 e. The number of anilines is 1. The van der Waals surface area contributed by atoms with E-state index in [1.54, 1.807) is 36.4 Å². The standard InChI is InChI=1S/C19H15ClFN3O2S/c20-15-6-1-2-7-16(15)24-18(26)17(25)22-9-8-14-11-27-19(23-14)12-4-3-5-13(21)10-12/h1-7,10-11H,8-9H2,(H,22,25)(H,24,26). The fourth-order valence-electron chi connectivity index (χ4n) is 2.30. The van der Waals surface area contributed by atoms with Crippen molar-refractivity contribution >= 4 is 40.4 Å². The van der Waals surface area contributed by atoms with Crippen LogP contribution in [0.5, 0.6) is 0 Å². The Morgan fingerprint density at radius 3 is 2.70 bits per heavy atom. The number of carbonyl (C=O) groups is 2. The van der Waals surface area contributed by atoms with E-state index < -0.39 is 11.8 Å². The van der Waals surface area contributed by atoms with Crippen LogP contribution in [0.1, 0.15) is 5.69 Å². The molecule has 0 radical (unpaired) electrons. The Balaban J connectivity index is 1.50. The molecule has 138 valence electrons. The molecule has 0 fully saturated rings. The first-order valence-electron chi connectivity index (χ1n) is 8.07. The van der Waals surface area contributed by atoms with Gasteiger partial charge in [0.1, 0.15) is 10.8 Å². The van der Waals surface area contributed by atoms with Gasteiger partial charge >= 0.3 is 11.8 Å². The van der Waals surface area contributed by atoms with Gasteiger partial charge in [-0.2, -0.15) is 0 Å². The molecule has 2 aromatic carbocycles. The van der Waals surface area contributed by atoms with Crippen LogP contribution in [0, 0.1) is 5.82 Å². The van der Waals surface area contributed by atoms with Crippen LogP contribution in [0.25, 0.3) is 10.6 Å². The van der Waals surface area contributed by atoms with Crippen molar-refractivity contribution in [1.82, 2.24) is 10.3 Å². The summed E-state index contributed by atoms with van der Waals surface area (Å²) in [5.74, 6) is -1.86. The summed E-state index contributed by atoms with van der Waals surface area (Å²) in [6, 6.07) is 12.9. The molecular weight excluding hydrogens is 389 g/mol. The Morgan fingerprint density at radius 2 is 1.93 bits per heavy atom. The fourth-order valence-corrected chi connectivity index (χ4v) is 3.34. The molecule has 2 N–H and O–H groups in total. The van der Waals surface area contributed by atoms with Gasteiger partial charge in [0.15, 0.2) is 0 Å². The average molecular weight is 404 g/mol. The topological polar surface area (TPSA) is 71.1 Å². The highest BCUT2D eigenvalue weighted by Crippen LogP contribution is 2.24. The Kier molecular flexibility index (Phi) is 6.16. The van der Waals surface area contributed by atoms with Gasteiger partial charge in [0.25, 0.3) is 0 Å². The van der Waals surface area contributed by atoms with Crippen LogP contribution in [-0.2, 0) is 16.0 Å². The SMILES string of the molecule is O=C(NCCc1csc(-c2cccc(F)c2)n1)C(=O)Nc1ccccc1Cl. The minimum atomic E-state index is -0.790. The van der Waals surface area contributed by atoms with Crippen molar-refractivity contribution in [2.75, 3.05) is 11.9 Å². The lowest BCUT2D eigenvalue weighted by Crippen LogP contribution is -2.36. The number of thiazole rings is 1. The first-order valence-corrected chi connectivity index (χ1v) is 9.33. The van der Waals surface area contributed by atoms with E-state index in [4.69, 9.17) is 11.6 Å². The molecule has 1 aromatic heterocycles. The summed E-state index contributed by atoms with van der Waals surface area (Å²) >= 11 is 7.34. The van der Waals surface area contributed by atoms with Crippen molar-refractivity contribution < 1.29 is 14.0 Å². The largest absolute Gasteiger partial charge is 0.347 e. The van der Waals surface area contributed by atoms with E-state index in [-0.39, 0.29) is 12.4 Å². The van der Waals surface area contributed by atoms with Crippen LogP contribution < -0.4 is 10.6 Å². The molecule has 0 aliphatic carbocycles. The maximum Gasteiger partial charge on any atom is 0.313 e. The van der Waals surface area contributed by atoms with E-state index in [0.717, 1.165) is 5.69 Å².